The Balaban J connectivity index is 3.23. The fraction of sp³-hybridized carbons (Fsp3) is 0.889. The van der Waals surface area contributed by atoms with Gasteiger partial charge in [0.05, 0.1) is 20.3 Å². The van der Waals surface area contributed by atoms with Crippen molar-refractivity contribution < 1.29 is 19.0 Å². The first-order valence-electron chi connectivity index (χ1n) is 4.62. The molecular weight excluding hydrogens is 186 g/mol. The van der Waals surface area contributed by atoms with E-state index in [1.807, 2.05) is 0 Å². The molecule has 0 fully saturated rings. The summed E-state index contributed by atoms with van der Waals surface area (Å²) in [5.41, 5.74) is 5.51. The molecule has 0 spiro atoms. The molecule has 0 rings (SSSR count). The van der Waals surface area contributed by atoms with Crippen molar-refractivity contribution in [2.24, 2.45) is 5.73 Å². The molecule has 1 atom stereocenters. The Kier molecular flexibility index (Phi) is 8.51. The van der Waals surface area contributed by atoms with Crippen LogP contribution in [0.1, 0.15) is 12.8 Å². The first-order chi connectivity index (χ1) is 6.72. The van der Waals surface area contributed by atoms with Crippen molar-refractivity contribution in [3.8, 4) is 0 Å². The topological polar surface area (TPSA) is 70.8 Å². The second-order valence-corrected chi connectivity index (χ2v) is 2.88. The van der Waals surface area contributed by atoms with Gasteiger partial charge in [0.2, 0.25) is 0 Å². The first kappa shape index (κ1) is 13.4. The summed E-state index contributed by atoms with van der Waals surface area (Å²) in [7, 11) is 2.95. The molecular formula is C9H19NO4. The van der Waals surface area contributed by atoms with Gasteiger partial charge in [-0.25, -0.2) is 0 Å². The third-order valence-corrected chi connectivity index (χ3v) is 1.74. The quantitative estimate of drug-likeness (QED) is 0.443. The lowest BCUT2D eigenvalue weighted by atomic mass is 10.2. The fourth-order valence-electron chi connectivity index (χ4n) is 0.919. The molecule has 0 aromatic carbocycles. The molecule has 0 aromatic heterocycles. The highest BCUT2D eigenvalue weighted by molar-refractivity contribution is 5.75. The van der Waals surface area contributed by atoms with Crippen LogP contribution in [0.25, 0.3) is 0 Å². The number of hydrogen-bond acceptors (Lipinski definition) is 5. The molecule has 0 bridgehead atoms. The molecule has 0 saturated carbocycles. The Morgan fingerprint density at radius 2 is 2.00 bits per heavy atom. The Bertz CT molecular complexity index is 152. The van der Waals surface area contributed by atoms with Gasteiger partial charge >= 0.3 is 5.97 Å². The van der Waals surface area contributed by atoms with Crippen LogP contribution in [0.15, 0.2) is 0 Å². The molecule has 2 N–H and O–H groups in total. The fourth-order valence-corrected chi connectivity index (χ4v) is 0.919. The summed E-state index contributed by atoms with van der Waals surface area (Å²) in [6.07, 6.45) is 1.33. The average molecular weight is 205 g/mol. The maximum Gasteiger partial charge on any atom is 0.322 e. The van der Waals surface area contributed by atoms with Gasteiger partial charge in [-0.05, 0) is 12.8 Å². The lowest BCUT2D eigenvalue weighted by Gasteiger charge is -2.08. The largest absolute Gasteiger partial charge is 0.468 e. The zero-order valence-corrected chi connectivity index (χ0v) is 8.82. The monoisotopic (exact) mass is 205 g/mol. The van der Waals surface area contributed by atoms with Gasteiger partial charge in [0, 0.05) is 13.7 Å². The SMILES string of the molecule is COCCOCCCC(N)C(=O)OC. The van der Waals surface area contributed by atoms with Crippen LogP contribution in [0.3, 0.4) is 0 Å². The highest BCUT2D eigenvalue weighted by Gasteiger charge is 2.12. The van der Waals surface area contributed by atoms with Crippen LogP contribution in [-0.2, 0) is 19.0 Å². The highest BCUT2D eigenvalue weighted by Crippen LogP contribution is 1.96. The normalized spacial score (nSPS) is 12.5. The number of carbonyl (C=O) groups excluding carboxylic acids is 1. The number of rotatable bonds is 8. The van der Waals surface area contributed by atoms with E-state index in [-0.39, 0.29) is 5.97 Å². The lowest BCUT2D eigenvalue weighted by molar-refractivity contribution is -0.142. The van der Waals surface area contributed by atoms with E-state index in [0.717, 1.165) is 6.42 Å². The van der Waals surface area contributed by atoms with Gasteiger partial charge in [-0.2, -0.15) is 0 Å². The van der Waals surface area contributed by atoms with Crippen LogP contribution >= 0.6 is 0 Å². The van der Waals surface area contributed by atoms with Crippen LogP contribution in [0.2, 0.25) is 0 Å². The molecule has 0 aliphatic heterocycles. The molecule has 0 aliphatic carbocycles. The molecule has 0 saturated heterocycles. The maximum absolute atomic E-state index is 10.9. The number of carbonyl (C=O) groups is 1. The van der Waals surface area contributed by atoms with Crippen molar-refractivity contribution in [3.05, 3.63) is 0 Å². The summed E-state index contributed by atoms with van der Waals surface area (Å²) >= 11 is 0. The standard InChI is InChI=1S/C9H19NO4/c1-12-6-7-14-5-3-4-8(10)9(11)13-2/h8H,3-7,10H2,1-2H3. The highest BCUT2D eigenvalue weighted by atomic mass is 16.5. The van der Waals surface area contributed by atoms with Gasteiger partial charge in [0.15, 0.2) is 0 Å². The van der Waals surface area contributed by atoms with Gasteiger partial charge in [0.25, 0.3) is 0 Å². The lowest BCUT2D eigenvalue weighted by Crippen LogP contribution is -2.31. The predicted molar refractivity (Wildman–Crippen MR) is 51.9 cm³/mol. The molecule has 0 heterocycles. The van der Waals surface area contributed by atoms with Crippen molar-refractivity contribution in [3.63, 3.8) is 0 Å². The second kappa shape index (κ2) is 8.93. The van der Waals surface area contributed by atoms with Gasteiger partial charge in [-0.1, -0.05) is 0 Å². The van der Waals surface area contributed by atoms with E-state index in [2.05, 4.69) is 4.74 Å². The summed E-state index contributed by atoms with van der Waals surface area (Å²) in [6, 6.07) is -0.536. The molecule has 0 aromatic rings. The zero-order valence-electron chi connectivity index (χ0n) is 8.82. The predicted octanol–water partition coefficient (Wildman–Crippen LogP) is -0.0701. The van der Waals surface area contributed by atoms with Gasteiger partial charge in [-0.3, -0.25) is 4.79 Å². The van der Waals surface area contributed by atoms with Crippen LogP contribution in [0.4, 0.5) is 0 Å². The number of nitrogens with two attached hydrogens (primary N) is 1. The molecule has 5 heteroatoms. The summed E-state index contributed by atoms with van der Waals surface area (Å²) in [6.45, 7) is 1.75. The number of methoxy groups -OCH3 is 2. The van der Waals surface area contributed by atoms with E-state index in [9.17, 15) is 4.79 Å². The smallest absolute Gasteiger partial charge is 0.322 e. The first-order valence-corrected chi connectivity index (χ1v) is 4.62. The second-order valence-electron chi connectivity index (χ2n) is 2.88. The van der Waals surface area contributed by atoms with E-state index in [0.29, 0.717) is 26.2 Å². The summed E-state index contributed by atoms with van der Waals surface area (Å²) < 4.78 is 14.5. The molecule has 14 heavy (non-hydrogen) atoms. The summed E-state index contributed by atoms with van der Waals surface area (Å²) in [4.78, 5) is 10.9. The molecule has 0 amide bonds. The average Bonchev–Trinajstić information content (AvgIpc) is 2.21. The summed E-state index contributed by atoms with van der Waals surface area (Å²) in [5.74, 6) is -0.373. The van der Waals surface area contributed by atoms with Crippen molar-refractivity contribution in [1.29, 1.82) is 0 Å². The van der Waals surface area contributed by atoms with Crippen LogP contribution in [0, 0.1) is 0 Å². The third-order valence-electron chi connectivity index (χ3n) is 1.74. The Morgan fingerprint density at radius 3 is 2.57 bits per heavy atom. The minimum atomic E-state index is -0.536. The molecule has 0 aliphatic rings. The minimum absolute atomic E-state index is 0.373. The summed E-state index contributed by atoms with van der Waals surface area (Å²) in [5, 5.41) is 0. The molecule has 84 valence electrons. The van der Waals surface area contributed by atoms with Gasteiger partial charge in [0.1, 0.15) is 6.04 Å². The van der Waals surface area contributed by atoms with Gasteiger partial charge in [-0.15, -0.1) is 0 Å². The number of ether oxygens (including phenoxy) is 3. The van der Waals surface area contributed by atoms with E-state index < -0.39 is 6.04 Å². The number of esters is 1. The van der Waals surface area contributed by atoms with Crippen LogP contribution in [0.5, 0.6) is 0 Å². The third kappa shape index (κ3) is 6.82. The van der Waals surface area contributed by atoms with E-state index in [1.54, 1.807) is 7.11 Å². The minimum Gasteiger partial charge on any atom is -0.468 e. The van der Waals surface area contributed by atoms with Crippen LogP contribution in [-0.4, -0.2) is 46.1 Å². The van der Waals surface area contributed by atoms with Crippen molar-refractivity contribution in [1.82, 2.24) is 0 Å². The number of hydrogen-bond donors (Lipinski definition) is 1. The van der Waals surface area contributed by atoms with Crippen molar-refractivity contribution in [2.75, 3.05) is 34.0 Å². The molecule has 1 unspecified atom stereocenters. The molecule has 0 radical (unpaired) electrons. The van der Waals surface area contributed by atoms with Crippen molar-refractivity contribution >= 4 is 5.97 Å². The van der Waals surface area contributed by atoms with Gasteiger partial charge < -0.3 is 19.9 Å². The van der Waals surface area contributed by atoms with E-state index in [1.165, 1.54) is 7.11 Å². The van der Waals surface area contributed by atoms with E-state index in [4.69, 9.17) is 15.2 Å². The zero-order chi connectivity index (χ0) is 10.8. The van der Waals surface area contributed by atoms with Crippen LogP contribution < -0.4 is 5.73 Å². The Morgan fingerprint density at radius 1 is 1.29 bits per heavy atom. The van der Waals surface area contributed by atoms with E-state index >= 15 is 0 Å². The Hall–Kier alpha value is -0.650. The maximum atomic E-state index is 10.9. The van der Waals surface area contributed by atoms with Crippen molar-refractivity contribution in [2.45, 2.75) is 18.9 Å². The molecule has 5 nitrogen and oxygen atoms in total. The Labute approximate surface area is 84.5 Å².